The third kappa shape index (κ3) is 6.40. The molecular weight excluding hydrogens is 592 g/mol. The number of nitrogens with one attached hydrogen (secondary N) is 1. The summed E-state index contributed by atoms with van der Waals surface area (Å²) in [5.41, 5.74) is 11.3. The summed E-state index contributed by atoms with van der Waals surface area (Å²) in [5.74, 6) is -0.268. The van der Waals surface area contributed by atoms with Crippen molar-refractivity contribution in [3.8, 4) is 11.1 Å². The van der Waals surface area contributed by atoms with Gasteiger partial charge in [-0.1, -0.05) is 62.4 Å². The highest BCUT2D eigenvalue weighted by Crippen LogP contribution is 2.37. The fraction of sp³-hybridized carbons (Fsp3) is 0.324. The number of hydrogen-bond donors (Lipinski definition) is 2. The van der Waals surface area contributed by atoms with E-state index in [-0.39, 0.29) is 34.9 Å². The number of ether oxygens (including phenoxy) is 1. The zero-order chi connectivity index (χ0) is 33.1. The lowest BCUT2D eigenvalue weighted by atomic mass is 9.84. The Morgan fingerprint density at radius 2 is 1.74 bits per heavy atom. The third-order valence-electron chi connectivity index (χ3n) is 9.13. The Balaban J connectivity index is 1.25. The molecule has 0 saturated carbocycles. The van der Waals surface area contributed by atoms with Gasteiger partial charge in [0.2, 0.25) is 5.91 Å². The van der Waals surface area contributed by atoms with Gasteiger partial charge in [0.15, 0.2) is 11.6 Å². The maximum absolute atomic E-state index is 13.8. The number of rotatable bonds is 7. The van der Waals surface area contributed by atoms with Gasteiger partial charge in [-0.2, -0.15) is 5.10 Å². The second-order valence-electron chi connectivity index (χ2n) is 12.4. The molecule has 1 aliphatic heterocycles. The molecule has 2 aromatic heterocycles. The number of ketones is 1. The summed E-state index contributed by atoms with van der Waals surface area (Å²) < 4.78 is 7.40. The Bertz CT molecular complexity index is 1850. The third-order valence-corrected chi connectivity index (χ3v) is 9.13. The van der Waals surface area contributed by atoms with Gasteiger partial charge in [-0.15, -0.1) is 0 Å². The Labute approximate surface area is 274 Å². The number of anilines is 2. The molecule has 3 N–H and O–H groups in total. The van der Waals surface area contributed by atoms with Crippen molar-refractivity contribution >= 4 is 34.6 Å². The number of fused-ring (bicyclic) bond motifs is 1. The number of nitrogens with zero attached hydrogens (tertiary/aromatic N) is 4. The van der Waals surface area contributed by atoms with Crippen molar-refractivity contribution < 1.29 is 19.1 Å². The van der Waals surface area contributed by atoms with E-state index in [0.717, 1.165) is 35.2 Å². The predicted octanol–water partition coefficient (Wildman–Crippen LogP) is 5.88. The molecule has 2 aliphatic rings. The van der Waals surface area contributed by atoms with Crippen LogP contribution in [0.1, 0.15) is 62.6 Å². The first kappa shape index (κ1) is 31.7. The number of allylic oxidation sites excluding steroid dienone is 2. The molecule has 10 nitrogen and oxygen atoms in total. The molecule has 2 amide bonds. The van der Waals surface area contributed by atoms with E-state index in [1.165, 1.54) is 13.4 Å². The van der Waals surface area contributed by atoms with Crippen molar-refractivity contribution in [3.63, 3.8) is 0 Å². The quantitative estimate of drug-likeness (QED) is 0.243. The molecule has 1 saturated heterocycles. The maximum Gasteiger partial charge on any atom is 0.263 e. The molecule has 1 unspecified atom stereocenters. The van der Waals surface area contributed by atoms with Gasteiger partial charge in [-0.05, 0) is 61.1 Å². The molecule has 0 spiro atoms. The monoisotopic (exact) mass is 632 g/mol. The topological polar surface area (TPSA) is 132 Å². The Morgan fingerprint density at radius 1 is 1.02 bits per heavy atom. The Morgan fingerprint density at radius 3 is 2.43 bits per heavy atom. The number of Topliss-reactive ketones (excluding diaryl/α,β-unsaturated/α-hetero) is 1. The zero-order valence-corrected chi connectivity index (χ0v) is 27.0. The molecule has 242 valence electrons. The Hall–Kier alpha value is -5.25. The molecule has 4 aromatic rings. The standard InChI is InChI=1S/C37H40N6O4/c1-23(2)37(46)42-19-17-26(18-20-42)30-21-29(33-35(38)39-22-40-43(30)33)25-13-15-27(16-14-25)41-36(45)32-31(47-3)12-8-7-11-28(34(32)44)24-9-5-4-6-10-24/h4-6,8-10,12-16,21-23,26,28H,7,11,17-20H2,1-3H3,(H,41,45)(H2,38,39,40)/b12-8-,32-31-. The van der Waals surface area contributed by atoms with Crippen LogP contribution >= 0.6 is 0 Å². The van der Waals surface area contributed by atoms with Crippen LogP contribution in [0, 0.1) is 5.92 Å². The van der Waals surface area contributed by atoms with E-state index in [1.54, 1.807) is 18.2 Å². The minimum atomic E-state index is -0.524. The van der Waals surface area contributed by atoms with E-state index < -0.39 is 11.8 Å². The lowest BCUT2D eigenvalue weighted by molar-refractivity contribution is -0.135. The van der Waals surface area contributed by atoms with Gasteiger partial charge in [0.1, 0.15) is 23.2 Å². The van der Waals surface area contributed by atoms with Crippen LogP contribution in [0.5, 0.6) is 0 Å². The smallest absolute Gasteiger partial charge is 0.263 e. The van der Waals surface area contributed by atoms with Gasteiger partial charge in [-0.25, -0.2) is 9.50 Å². The predicted molar refractivity (Wildman–Crippen MR) is 181 cm³/mol. The molecule has 3 heterocycles. The minimum Gasteiger partial charge on any atom is -0.496 e. The number of likely N-dealkylation sites (tertiary alicyclic amines) is 1. The van der Waals surface area contributed by atoms with Crippen LogP contribution in [-0.4, -0.2) is 57.3 Å². The lowest BCUT2D eigenvalue weighted by Crippen LogP contribution is -2.40. The van der Waals surface area contributed by atoms with Gasteiger partial charge in [0.05, 0.1) is 7.11 Å². The van der Waals surface area contributed by atoms with Gasteiger partial charge < -0.3 is 20.7 Å². The van der Waals surface area contributed by atoms with Crippen molar-refractivity contribution in [2.75, 3.05) is 31.2 Å². The van der Waals surface area contributed by atoms with Crippen LogP contribution in [-0.2, 0) is 19.1 Å². The van der Waals surface area contributed by atoms with Crippen LogP contribution in [0.2, 0.25) is 0 Å². The molecule has 0 bridgehead atoms. The fourth-order valence-electron chi connectivity index (χ4n) is 6.65. The van der Waals surface area contributed by atoms with E-state index >= 15 is 0 Å². The summed E-state index contributed by atoms with van der Waals surface area (Å²) in [6.45, 7) is 5.26. The molecule has 2 aromatic carbocycles. The molecule has 1 fully saturated rings. The van der Waals surface area contributed by atoms with Crippen LogP contribution in [0.25, 0.3) is 16.6 Å². The Kier molecular flexibility index (Phi) is 9.19. The van der Waals surface area contributed by atoms with Crippen molar-refractivity contribution in [3.05, 3.63) is 102 Å². The molecule has 6 rings (SSSR count). The number of aromatic nitrogens is 3. The second-order valence-corrected chi connectivity index (χ2v) is 12.4. The number of carbonyl (C=O) groups is 3. The molecular formula is C37H40N6O4. The molecule has 1 aliphatic carbocycles. The zero-order valence-electron chi connectivity index (χ0n) is 27.0. The summed E-state index contributed by atoms with van der Waals surface area (Å²) in [6.07, 6.45) is 8.04. The van der Waals surface area contributed by atoms with E-state index in [2.05, 4.69) is 21.5 Å². The molecule has 1 atom stereocenters. The first-order valence-electron chi connectivity index (χ1n) is 16.1. The van der Waals surface area contributed by atoms with E-state index in [4.69, 9.17) is 10.5 Å². The first-order chi connectivity index (χ1) is 22.8. The van der Waals surface area contributed by atoms with Gasteiger partial charge in [0.25, 0.3) is 5.91 Å². The lowest BCUT2D eigenvalue weighted by Gasteiger charge is -2.33. The van der Waals surface area contributed by atoms with Gasteiger partial charge in [-0.3, -0.25) is 14.4 Å². The number of hydrogen-bond acceptors (Lipinski definition) is 7. The highest BCUT2D eigenvalue weighted by molar-refractivity contribution is 6.25. The summed E-state index contributed by atoms with van der Waals surface area (Å²) in [4.78, 5) is 46.3. The van der Waals surface area contributed by atoms with Crippen LogP contribution < -0.4 is 11.1 Å². The van der Waals surface area contributed by atoms with Crippen molar-refractivity contribution in [2.24, 2.45) is 5.92 Å². The molecule has 0 radical (unpaired) electrons. The van der Waals surface area contributed by atoms with Gasteiger partial charge >= 0.3 is 0 Å². The maximum atomic E-state index is 13.8. The summed E-state index contributed by atoms with van der Waals surface area (Å²) >= 11 is 0. The van der Waals surface area contributed by atoms with Gasteiger partial charge in [0, 0.05) is 47.8 Å². The van der Waals surface area contributed by atoms with Crippen molar-refractivity contribution in [1.82, 2.24) is 19.5 Å². The largest absolute Gasteiger partial charge is 0.496 e. The number of carbonyl (C=O) groups excluding carboxylic acids is 3. The van der Waals surface area contributed by atoms with E-state index in [0.29, 0.717) is 43.0 Å². The van der Waals surface area contributed by atoms with E-state index in [9.17, 15) is 14.4 Å². The highest BCUT2D eigenvalue weighted by Gasteiger charge is 2.32. The summed E-state index contributed by atoms with van der Waals surface area (Å²) in [6, 6.07) is 19.1. The average Bonchev–Trinajstić information content (AvgIpc) is 3.48. The first-order valence-corrected chi connectivity index (χ1v) is 16.1. The molecule has 10 heteroatoms. The second kappa shape index (κ2) is 13.6. The fourth-order valence-corrected chi connectivity index (χ4v) is 6.65. The number of methoxy groups -OCH3 is 1. The SMILES string of the molecule is COC1=C(\C(=O)Nc2ccc(-c3cc(C4CCN(C(=O)C(C)C)CC4)n4ncnc(N)c34)cc2)C(=O)C(c2ccccc2)CC/C=C\1. The molecule has 47 heavy (non-hydrogen) atoms. The number of amides is 2. The summed E-state index contributed by atoms with van der Waals surface area (Å²) in [5, 5.41) is 7.47. The number of nitrogens with two attached hydrogens (primary N) is 1. The van der Waals surface area contributed by atoms with E-state index in [1.807, 2.05) is 71.8 Å². The summed E-state index contributed by atoms with van der Waals surface area (Å²) in [7, 11) is 1.47. The number of piperidine rings is 1. The van der Waals surface area contributed by atoms with Crippen LogP contribution in [0.15, 0.2) is 90.5 Å². The van der Waals surface area contributed by atoms with Crippen LogP contribution in [0.4, 0.5) is 11.5 Å². The van der Waals surface area contributed by atoms with Crippen LogP contribution in [0.3, 0.4) is 0 Å². The number of benzene rings is 2. The number of nitrogen functional groups attached to an aromatic ring is 1. The average molecular weight is 633 g/mol. The van der Waals surface area contributed by atoms with Crippen molar-refractivity contribution in [2.45, 2.75) is 51.4 Å². The normalized spacial score (nSPS) is 19.8. The van der Waals surface area contributed by atoms with Crippen molar-refractivity contribution in [1.29, 1.82) is 0 Å². The minimum absolute atomic E-state index is 0.00415. The highest BCUT2D eigenvalue weighted by atomic mass is 16.5.